The summed E-state index contributed by atoms with van der Waals surface area (Å²) in [5.41, 5.74) is 2.13. The smallest absolute Gasteiger partial charge is 0.249 e. The monoisotopic (exact) mass is 594 g/mol. The first-order valence-electron chi connectivity index (χ1n) is 14.2. The van der Waals surface area contributed by atoms with E-state index in [4.69, 9.17) is 4.74 Å². The molecular formula is C29H38N8O4S. The number of rotatable bonds is 11. The minimum Gasteiger partial charge on any atom is -0.377 e. The van der Waals surface area contributed by atoms with Gasteiger partial charge in [0.05, 0.1) is 11.2 Å². The molecule has 1 amide bonds. The van der Waals surface area contributed by atoms with Crippen molar-refractivity contribution in [2.45, 2.75) is 44.4 Å². The largest absolute Gasteiger partial charge is 0.377 e. The number of aromatic nitrogens is 4. The minimum atomic E-state index is -3.72. The van der Waals surface area contributed by atoms with Crippen molar-refractivity contribution in [3.8, 4) is 0 Å². The number of sulfonamides is 1. The van der Waals surface area contributed by atoms with Gasteiger partial charge in [-0.1, -0.05) is 38.1 Å². The van der Waals surface area contributed by atoms with E-state index in [0.717, 1.165) is 11.1 Å². The van der Waals surface area contributed by atoms with Crippen LogP contribution in [-0.4, -0.2) is 73.7 Å². The maximum absolute atomic E-state index is 13.2. The molecule has 0 radical (unpaired) electrons. The molecule has 224 valence electrons. The van der Waals surface area contributed by atoms with Crippen LogP contribution in [0, 0.1) is 11.8 Å². The fourth-order valence-corrected chi connectivity index (χ4v) is 6.76. The zero-order valence-corrected chi connectivity index (χ0v) is 25.4. The van der Waals surface area contributed by atoms with Crippen molar-refractivity contribution in [2.24, 2.45) is 11.8 Å². The van der Waals surface area contributed by atoms with Crippen molar-refractivity contribution in [3.05, 3.63) is 49.1 Å². The van der Waals surface area contributed by atoms with Crippen molar-refractivity contribution < 1.29 is 17.9 Å². The highest BCUT2D eigenvalue weighted by Crippen LogP contribution is 2.40. The molecule has 1 saturated heterocycles. The standard InChI is InChI=1S/C29H38N8O4S/c1-6-30-28(38)25-18(2)19(3)29(41-25)37-17-34-24-26(32-16-33-27(24)37)31-14-9-15-35-42(39,40)23-13-8-10-20-21(23)11-7-12-22(20)36(4)5/h7-8,10-13,16-19,25,29,35H,6,9,14-15H2,1-5H3,(H,30,38)(H,31,32,33)/t18-,19+,25-,29+/m0/s1. The van der Waals surface area contributed by atoms with E-state index in [1.807, 2.05) is 61.7 Å². The van der Waals surface area contributed by atoms with Gasteiger partial charge < -0.3 is 20.3 Å². The van der Waals surface area contributed by atoms with Gasteiger partial charge in [-0.2, -0.15) is 0 Å². The highest BCUT2D eigenvalue weighted by Gasteiger charge is 2.44. The molecule has 2 aromatic heterocycles. The van der Waals surface area contributed by atoms with Crippen LogP contribution in [0.25, 0.3) is 21.9 Å². The van der Waals surface area contributed by atoms with E-state index >= 15 is 0 Å². The normalized spacial score (nSPS) is 20.7. The second-order valence-corrected chi connectivity index (χ2v) is 12.5. The zero-order valence-electron chi connectivity index (χ0n) is 24.5. The Kier molecular flexibility index (Phi) is 8.62. The van der Waals surface area contributed by atoms with Crippen LogP contribution >= 0.6 is 0 Å². The van der Waals surface area contributed by atoms with Gasteiger partial charge in [0.2, 0.25) is 15.9 Å². The number of hydrogen-bond acceptors (Lipinski definition) is 9. The first-order chi connectivity index (χ1) is 20.1. The summed E-state index contributed by atoms with van der Waals surface area (Å²) in [6.45, 7) is 7.21. The van der Waals surface area contributed by atoms with Gasteiger partial charge in [-0.3, -0.25) is 9.36 Å². The van der Waals surface area contributed by atoms with E-state index in [-0.39, 0.29) is 29.2 Å². The Balaban J connectivity index is 1.23. The number of amides is 1. The molecule has 2 aromatic carbocycles. The van der Waals surface area contributed by atoms with Gasteiger partial charge in [0.1, 0.15) is 18.7 Å². The number of imidazole rings is 1. The van der Waals surface area contributed by atoms with E-state index in [1.54, 1.807) is 18.5 Å². The van der Waals surface area contributed by atoms with Crippen LogP contribution in [0.15, 0.2) is 53.9 Å². The third kappa shape index (κ3) is 5.63. The molecule has 1 aliphatic heterocycles. The third-order valence-electron chi connectivity index (χ3n) is 7.85. The minimum absolute atomic E-state index is 0.0196. The summed E-state index contributed by atoms with van der Waals surface area (Å²) in [6, 6.07) is 11.0. The van der Waals surface area contributed by atoms with E-state index < -0.39 is 22.4 Å². The molecule has 0 saturated carbocycles. The van der Waals surface area contributed by atoms with Gasteiger partial charge in [-0.15, -0.1) is 0 Å². The molecule has 13 heteroatoms. The Morgan fingerprint density at radius 1 is 1.02 bits per heavy atom. The summed E-state index contributed by atoms with van der Waals surface area (Å²) in [5, 5.41) is 7.67. The number of hydrogen-bond donors (Lipinski definition) is 3. The van der Waals surface area contributed by atoms with Crippen LogP contribution in [0.1, 0.15) is 33.4 Å². The second kappa shape index (κ2) is 12.2. The molecule has 0 bridgehead atoms. The number of nitrogens with one attached hydrogen (secondary N) is 3. The van der Waals surface area contributed by atoms with Gasteiger partial charge in [0, 0.05) is 56.1 Å². The van der Waals surface area contributed by atoms with Crippen molar-refractivity contribution in [2.75, 3.05) is 43.9 Å². The molecular weight excluding hydrogens is 556 g/mol. The van der Waals surface area contributed by atoms with Gasteiger partial charge in [0.25, 0.3) is 0 Å². The quantitative estimate of drug-likeness (QED) is 0.223. The average Bonchev–Trinajstić information content (AvgIpc) is 3.53. The van der Waals surface area contributed by atoms with Crippen LogP contribution in [0.5, 0.6) is 0 Å². The molecule has 42 heavy (non-hydrogen) atoms. The zero-order chi connectivity index (χ0) is 30.0. The lowest BCUT2D eigenvalue weighted by Gasteiger charge is -2.18. The van der Waals surface area contributed by atoms with Crippen molar-refractivity contribution in [1.29, 1.82) is 0 Å². The highest BCUT2D eigenvalue weighted by atomic mass is 32.2. The lowest BCUT2D eigenvalue weighted by molar-refractivity contribution is -0.135. The molecule has 1 fully saturated rings. The van der Waals surface area contributed by atoms with Crippen molar-refractivity contribution in [1.82, 2.24) is 29.6 Å². The Morgan fingerprint density at radius 3 is 2.55 bits per heavy atom. The van der Waals surface area contributed by atoms with Crippen LogP contribution in [0.3, 0.4) is 0 Å². The van der Waals surface area contributed by atoms with E-state index in [0.29, 0.717) is 41.9 Å². The molecule has 4 aromatic rings. The average molecular weight is 595 g/mol. The second-order valence-electron chi connectivity index (χ2n) is 10.8. The Morgan fingerprint density at radius 2 is 1.79 bits per heavy atom. The lowest BCUT2D eigenvalue weighted by atomic mass is 9.92. The number of likely N-dealkylation sites (N-methyl/N-ethyl adjacent to an activating group) is 1. The SMILES string of the molecule is CCNC(=O)[C@H]1O[C@@H](n2cnc3c(NCCCNS(=O)(=O)c4cccc5c(N(C)C)cccc45)ncnc32)[C@H](C)[C@@H]1C. The fourth-order valence-electron chi connectivity index (χ4n) is 5.46. The van der Waals surface area contributed by atoms with Crippen LogP contribution in [-0.2, 0) is 19.6 Å². The lowest BCUT2D eigenvalue weighted by Crippen LogP contribution is -2.37. The maximum Gasteiger partial charge on any atom is 0.249 e. The predicted octanol–water partition coefficient (Wildman–Crippen LogP) is 3.13. The number of benzene rings is 2. The summed E-state index contributed by atoms with van der Waals surface area (Å²) in [4.78, 5) is 28.1. The summed E-state index contributed by atoms with van der Waals surface area (Å²) in [7, 11) is 0.150. The van der Waals surface area contributed by atoms with Crippen molar-refractivity contribution >= 4 is 49.4 Å². The first kappa shape index (κ1) is 29.7. The van der Waals surface area contributed by atoms with Crippen LogP contribution in [0.4, 0.5) is 11.5 Å². The number of nitrogens with zero attached hydrogens (tertiary/aromatic N) is 5. The molecule has 4 atom stereocenters. The number of carbonyl (C=O) groups excluding carboxylic acids is 1. The molecule has 0 unspecified atom stereocenters. The number of fused-ring (bicyclic) bond motifs is 2. The van der Waals surface area contributed by atoms with Gasteiger partial charge in [-0.05, 0) is 31.4 Å². The van der Waals surface area contributed by atoms with Crippen LogP contribution in [0.2, 0.25) is 0 Å². The maximum atomic E-state index is 13.2. The molecule has 3 heterocycles. The van der Waals surface area contributed by atoms with Crippen LogP contribution < -0.4 is 20.3 Å². The van der Waals surface area contributed by atoms with E-state index in [9.17, 15) is 13.2 Å². The number of carbonyl (C=O) groups is 1. The van der Waals surface area contributed by atoms with E-state index in [1.165, 1.54) is 6.33 Å². The van der Waals surface area contributed by atoms with E-state index in [2.05, 4.69) is 37.2 Å². The molecule has 0 spiro atoms. The Labute approximate surface area is 245 Å². The first-order valence-corrected chi connectivity index (χ1v) is 15.7. The molecule has 12 nitrogen and oxygen atoms in total. The van der Waals surface area contributed by atoms with Gasteiger partial charge in [0.15, 0.2) is 17.0 Å². The Hall–Kier alpha value is -3.81. The third-order valence-corrected chi connectivity index (χ3v) is 9.37. The summed E-state index contributed by atoms with van der Waals surface area (Å²) in [5.74, 6) is 0.512. The Bertz CT molecular complexity index is 1690. The predicted molar refractivity (Wildman–Crippen MR) is 163 cm³/mol. The fraction of sp³-hybridized carbons (Fsp3) is 0.448. The highest BCUT2D eigenvalue weighted by molar-refractivity contribution is 7.89. The molecule has 3 N–H and O–H groups in total. The topological polar surface area (TPSA) is 143 Å². The molecule has 0 aliphatic carbocycles. The molecule has 5 rings (SSSR count). The van der Waals surface area contributed by atoms with Gasteiger partial charge in [-0.25, -0.2) is 28.1 Å². The number of anilines is 2. The summed E-state index contributed by atoms with van der Waals surface area (Å²) in [6.07, 6.45) is 2.71. The number of ether oxygens (including phenoxy) is 1. The summed E-state index contributed by atoms with van der Waals surface area (Å²) < 4.78 is 37.2. The summed E-state index contributed by atoms with van der Waals surface area (Å²) >= 11 is 0. The van der Waals surface area contributed by atoms with Gasteiger partial charge >= 0.3 is 0 Å². The van der Waals surface area contributed by atoms with Crippen molar-refractivity contribution in [3.63, 3.8) is 0 Å². The molecule has 1 aliphatic rings.